The molecular formula is C23H27N3. The lowest BCUT2D eigenvalue weighted by Gasteiger charge is -2.23. The summed E-state index contributed by atoms with van der Waals surface area (Å²) in [6, 6.07) is 21.8. The molecule has 4 rings (SSSR count). The van der Waals surface area contributed by atoms with E-state index in [-0.39, 0.29) is 0 Å². The van der Waals surface area contributed by atoms with Gasteiger partial charge in [0.2, 0.25) is 0 Å². The first-order valence-electron chi connectivity index (χ1n) is 9.75. The van der Waals surface area contributed by atoms with Gasteiger partial charge < -0.3 is 5.32 Å². The first-order valence-corrected chi connectivity index (χ1v) is 9.75. The summed E-state index contributed by atoms with van der Waals surface area (Å²) in [5.41, 5.74) is 6.47. The van der Waals surface area contributed by atoms with E-state index in [1.165, 1.54) is 40.9 Å². The van der Waals surface area contributed by atoms with Gasteiger partial charge in [-0.05, 0) is 55.6 Å². The summed E-state index contributed by atoms with van der Waals surface area (Å²) in [7, 11) is 0. The van der Waals surface area contributed by atoms with E-state index in [2.05, 4.69) is 77.6 Å². The molecule has 0 bridgehead atoms. The zero-order valence-corrected chi connectivity index (χ0v) is 15.5. The van der Waals surface area contributed by atoms with Crippen LogP contribution in [0.1, 0.15) is 42.6 Å². The number of piperidine rings is 1. The number of benzene rings is 2. The van der Waals surface area contributed by atoms with Gasteiger partial charge in [0, 0.05) is 24.6 Å². The fourth-order valence-corrected chi connectivity index (χ4v) is 3.97. The maximum atomic E-state index is 4.90. The van der Waals surface area contributed by atoms with Crippen LogP contribution in [0.4, 0.5) is 0 Å². The summed E-state index contributed by atoms with van der Waals surface area (Å²) in [4.78, 5) is 0. The SMILES string of the molecule is CCn1nc(Cc2cccc(-c3ccccc3)c2)cc1C1CCNCC1. The molecule has 0 spiro atoms. The van der Waals surface area contributed by atoms with E-state index < -0.39 is 0 Å². The minimum Gasteiger partial charge on any atom is -0.317 e. The highest BCUT2D eigenvalue weighted by Crippen LogP contribution is 2.27. The lowest BCUT2D eigenvalue weighted by Crippen LogP contribution is -2.27. The third-order valence-electron chi connectivity index (χ3n) is 5.34. The number of rotatable bonds is 5. The van der Waals surface area contributed by atoms with Gasteiger partial charge in [-0.2, -0.15) is 5.10 Å². The van der Waals surface area contributed by atoms with Crippen LogP contribution in [-0.4, -0.2) is 22.9 Å². The number of nitrogens with zero attached hydrogens (tertiary/aromatic N) is 2. The van der Waals surface area contributed by atoms with Crippen molar-refractivity contribution < 1.29 is 0 Å². The molecule has 1 aliphatic heterocycles. The second kappa shape index (κ2) is 7.88. The van der Waals surface area contributed by atoms with Gasteiger partial charge in [-0.15, -0.1) is 0 Å². The fourth-order valence-electron chi connectivity index (χ4n) is 3.97. The van der Waals surface area contributed by atoms with Gasteiger partial charge in [0.15, 0.2) is 0 Å². The molecule has 3 heteroatoms. The number of hydrogen-bond donors (Lipinski definition) is 1. The Morgan fingerprint density at radius 3 is 2.50 bits per heavy atom. The molecule has 1 N–H and O–H groups in total. The van der Waals surface area contributed by atoms with E-state index in [9.17, 15) is 0 Å². The van der Waals surface area contributed by atoms with Crippen LogP contribution in [0.25, 0.3) is 11.1 Å². The molecule has 0 unspecified atom stereocenters. The highest BCUT2D eigenvalue weighted by atomic mass is 15.3. The van der Waals surface area contributed by atoms with Crippen LogP contribution in [-0.2, 0) is 13.0 Å². The van der Waals surface area contributed by atoms with E-state index in [0.29, 0.717) is 5.92 Å². The second-order valence-corrected chi connectivity index (χ2v) is 7.14. The first-order chi connectivity index (χ1) is 12.8. The minimum absolute atomic E-state index is 0.646. The number of aryl methyl sites for hydroxylation is 1. The third-order valence-corrected chi connectivity index (χ3v) is 5.34. The minimum atomic E-state index is 0.646. The summed E-state index contributed by atoms with van der Waals surface area (Å²) in [6.07, 6.45) is 3.33. The highest BCUT2D eigenvalue weighted by molar-refractivity contribution is 5.64. The Morgan fingerprint density at radius 2 is 1.73 bits per heavy atom. The number of hydrogen-bond acceptors (Lipinski definition) is 2. The van der Waals surface area contributed by atoms with Gasteiger partial charge >= 0.3 is 0 Å². The molecule has 0 saturated carbocycles. The Kier molecular flexibility index (Phi) is 5.16. The molecule has 3 nitrogen and oxygen atoms in total. The molecule has 134 valence electrons. The molecule has 1 fully saturated rings. The van der Waals surface area contributed by atoms with Crippen molar-refractivity contribution in [3.05, 3.63) is 77.6 Å². The fraction of sp³-hybridized carbons (Fsp3) is 0.348. The van der Waals surface area contributed by atoms with Crippen LogP contribution < -0.4 is 5.32 Å². The van der Waals surface area contributed by atoms with Crippen molar-refractivity contribution in [1.29, 1.82) is 0 Å². The Hall–Kier alpha value is -2.39. The maximum Gasteiger partial charge on any atom is 0.0671 e. The van der Waals surface area contributed by atoms with Gasteiger partial charge in [0.1, 0.15) is 0 Å². The molecule has 3 aromatic rings. The number of nitrogens with one attached hydrogen (secondary N) is 1. The first kappa shape index (κ1) is 17.0. The van der Waals surface area contributed by atoms with Gasteiger partial charge in [0.25, 0.3) is 0 Å². The van der Waals surface area contributed by atoms with Gasteiger partial charge in [-0.1, -0.05) is 54.6 Å². The van der Waals surface area contributed by atoms with Crippen LogP contribution in [0.2, 0.25) is 0 Å². The topological polar surface area (TPSA) is 29.9 Å². The molecule has 2 aromatic carbocycles. The Labute approximate surface area is 156 Å². The average molecular weight is 345 g/mol. The van der Waals surface area contributed by atoms with E-state index in [4.69, 9.17) is 5.10 Å². The molecular weight excluding hydrogens is 318 g/mol. The predicted octanol–water partition coefficient (Wildman–Crippen LogP) is 4.63. The predicted molar refractivity (Wildman–Crippen MR) is 107 cm³/mol. The average Bonchev–Trinajstić information content (AvgIpc) is 3.12. The molecule has 0 atom stereocenters. The number of aromatic nitrogens is 2. The lowest BCUT2D eigenvalue weighted by molar-refractivity contribution is 0.432. The van der Waals surface area contributed by atoms with Crippen molar-refractivity contribution in [2.24, 2.45) is 0 Å². The van der Waals surface area contributed by atoms with Crippen LogP contribution in [0.5, 0.6) is 0 Å². The molecule has 1 aromatic heterocycles. The van der Waals surface area contributed by atoms with Crippen molar-refractivity contribution in [2.45, 2.75) is 38.6 Å². The van der Waals surface area contributed by atoms with Crippen molar-refractivity contribution in [2.75, 3.05) is 13.1 Å². The lowest BCUT2D eigenvalue weighted by atomic mass is 9.94. The second-order valence-electron chi connectivity index (χ2n) is 7.14. The summed E-state index contributed by atoms with van der Waals surface area (Å²) >= 11 is 0. The molecule has 26 heavy (non-hydrogen) atoms. The Morgan fingerprint density at radius 1 is 0.962 bits per heavy atom. The van der Waals surface area contributed by atoms with Crippen molar-refractivity contribution in [3.63, 3.8) is 0 Å². The zero-order valence-electron chi connectivity index (χ0n) is 15.5. The molecule has 1 saturated heterocycles. The largest absolute Gasteiger partial charge is 0.317 e. The molecule has 0 radical (unpaired) electrons. The zero-order chi connectivity index (χ0) is 17.8. The van der Waals surface area contributed by atoms with E-state index in [0.717, 1.165) is 26.1 Å². The molecule has 1 aliphatic rings. The van der Waals surface area contributed by atoms with Crippen LogP contribution in [0, 0.1) is 0 Å². The highest BCUT2D eigenvalue weighted by Gasteiger charge is 2.20. The Bertz CT molecular complexity index is 845. The quantitative estimate of drug-likeness (QED) is 0.731. The van der Waals surface area contributed by atoms with Crippen molar-refractivity contribution in [3.8, 4) is 11.1 Å². The normalized spacial score (nSPS) is 15.3. The third kappa shape index (κ3) is 3.73. The van der Waals surface area contributed by atoms with Crippen molar-refractivity contribution >= 4 is 0 Å². The van der Waals surface area contributed by atoms with Crippen molar-refractivity contribution in [1.82, 2.24) is 15.1 Å². The Balaban J connectivity index is 1.57. The molecule has 0 aliphatic carbocycles. The van der Waals surface area contributed by atoms with Crippen LogP contribution >= 0.6 is 0 Å². The van der Waals surface area contributed by atoms with Gasteiger partial charge in [-0.25, -0.2) is 0 Å². The van der Waals surface area contributed by atoms with E-state index >= 15 is 0 Å². The molecule has 2 heterocycles. The smallest absolute Gasteiger partial charge is 0.0671 e. The summed E-state index contributed by atoms with van der Waals surface area (Å²) < 4.78 is 2.21. The molecule has 0 amide bonds. The van der Waals surface area contributed by atoms with E-state index in [1.54, 1.807) is 0 Å². The summed E-state index contributed by atoms with van der Waals surface area (Å²) in [5.74, 6) is 0.646. The summed E-state index contributed by atoms with van der Waals surface area (Å²) in [5, 5.41) is 8.36. The van der Waals surface area contributed by atoms with Crippen LogP contribution in [0.3, 0.4) is 0 Å². The maximum absolute atomic E-state index is 4.90. The summed E-state index contributed by atoms with van der Waals surface area (Å²) in [6.45, 7) is 5.38. The van der Waals surface area contributed by atoms with Crippen LogP contribution in [0.15, 0.2) is 60.7 Å². The van der Waals surface area contributed by atoms with Gasteiger partial charge in [-0.3, -0.25) is 4.68 Å². The van der Waals surface area contributed by atoms with E-state index in [1.807, 2.05) is 0 Å². The standard InChI is InChI=1S/C23H27N3/c1-2-26-23(20-11-13-24-14-12-20)17-22(25-26)16-18-7-6-10-21(15-18)19-8-4-3-5-9-19/h3-10,15,17,20,24H,2,11-14,16H2,1H3. The van der Waals surface area contributed by atoms with Gasteiger partial charge in [0.05, 0.1) is 5.69 Å². The monoisotopic (exact) mass is 345 g/mol.